The van der Waals surface area contributed by atoms with E-state index in [1.165, 1.54) is 45.4 Å². The largest absolute Gasteiger partial charge is 0.493 e. The van der Waals surface area contributed by atoms with E-state index in [1.54, 1.807) is 55.5 Å². The van der Waals surface area contributed by atoms with E-state index in [2.05, 4.69) is 15.8 Å². The maximum absolute atomic E-state index is 13.5. The Morgan fingerprint density at radius 1 is 0.892 bits per heavy atom. The highest BCUT2D eigenvalue weighted by Gasteiger charge is 2.28. The van der Waals surface area contributed by atoms with Crippen LogP contribution in [0.3, 0.4) is 0 Å². The van der Waals surface area contributed by atoms with Gasteiger partial charge in [0.1, 0.15) is 6.54 Å². The average molecular weight is 525 g/mol. The highest BCUT2D eigenvalue weighted by Crippen LogP contribution is 2.33. The first-order valence-corrected chi connectivity index (χ1v) is 12.6. The van der Waals surface area contributed by atoms with Crippen molar-refractivity contribution in [1.82, 2.24) is 5.43 Å². The number of carbonyl (C=O) groups excluding carboxylic acids is 2. The maximum Gasteiger partial charge on any atom is 0.264 e. The molecule has 0 aliphatic rings. The average Bonchev–Trinajstić information content (AvgIpc) is 2.90. The SMILES string of the molecule is COc1ccc(N(CC(=O)N/N=C(/C)c2ccc(NC(C)=O)cc2)S(=O)(=O)c2ccccc2)cc1OC. The molecule has 0 atom stereocenters. The van der Waals surface area contributed by atoms with Crippen LogP contribution < -0.4 is 24.5 Å². The number of hydrazone groups is 1. The van der Waals surface area contributed by atoms with E-state index >= 15 is 0 Å². The summed E-state index contributed by atoms with van der Waals surface area (Å²) in [5.41, 5.74) is 4.47. The first kappa shape index (κ1) is 27.2. The molecule has 0 saturated heterocycles. The van der Waals surface area contributed by atoms with Crippen LogP contribution >= 0.6 is 0 Å². The Morgan fingerprint density at radius 2 is 1.54 bits per heavy atom. The number of sulfonamides is 1. The molecule has 11 heteroatoms. The fourth-order valence-corrected chi connectivity index (χ4v) is 4.82. The molecule has 0 aromatic heterocycles. The van der Waals surface area contributed by atoms with E-state index in [0.29, 0.717) is 28.5 Å². The summed E-state index contributed by atoms with van der Waals surface area (Å²) in [6.45, 7) is 2.57. The summed E-state index contributed by atoms with van der Waals surface area (Å²) >= 11 is 0. The van der Waals surface area contributed by atoms with E-state index < -0.39 is 22.5 Å². The van der Waals surface area contributed by atoms with Crippen LogP contribution in [0, 0.1) is 0 Å². The zero-order valence-corrected chi connectivity index (χ0v) is 21.7. The molecule has 0 spiro atoms. The number of hydrogen-bond donors (Lipinski definition) is 2. The number of benzene rings is 3. The number of nitrogens with zero attached hydrogens (tertiary/aromatic N) is 2. The van der Waals surface area contributed by atoms with Crippen LogP contribution in [0.5, 0.6) is 11.5 Å². The van der Waals surface area contributed by atoms with Gasteiger partial charge in [-0.3, -0.25) is 13.9 Å². The number of nitrogens with one attached hydrogen (secondary N) is 2. The summed E-state index contributed by atoms with van der Waals surface area (Å²) in [6.07, 6.45) is 0. The zero-order valence-electron chi connectivity index (χ0n) is 20.9. The molecule has 0 aliphatic heterocycles. The quantitative estimate of drug-likeness (QED) is 0.309. The Balaban J connectivity index is 1.86. The zero-order chi connectivity index (χ0) is 27.0. The summed E-state index contributed by atoms with van der Waals surface area (Å²) in [5, 5.41) is 6.78. The van der Waals surface area contributed by atoms with Crippen molar-refractivity contribution in [2.24, 2.45) is 5.10 Å². The van der Waals surface area contributed by atoms with Gasteiger partial charge in [-0.1, -0.05) is 30.3 Å². The van der Waals surface area contributed by atoms with Gasteiger partial charge >= 0.3 is 0 Å². The van der Waals surface area contributed by atoms with Gasteiger partial charge in [0, 0.05) is 18.7 Å². The Bertz CT molecular complexity index is 1390. The molecule has 0 aliphatic carbocycles. The molecule has 0 fully saturated rings. The number of anilines is 2. The Labute approximate surface area is 216 Å². The van der Waals surface area contributed by atoms with Gasteiger partial charge in [-0.05, 0) is 48.9 Å². The molecule has 0 bridgehead atoms. The minimum atomic E-state index is -4.11. The Hall–Kier alpha value is -4.38. The molecule has 0 saturated carbocycles. The molecule has 2 N–H and O–H groups in total. The molecule has 37 heavy (non-hydrogen) atoms. The summed E-state index contributed by atoms with van der Waals surface area (Å²) in [7, 11) is -1.20. The van der Waals surface area contributed by atoms with Crippen LogP contribution in [0.1, 0.15) is 19.4 Å². The minimum Gasteiger partial charge on any atom is -0.493 e. The van der Waals surface area contributed by atoms with Crippen LogP contribution in [-0.4, -0.2) is 46.7 Å². The first-order valence-electron chi connectivity index (χ1n) is 11.2. The van der Waals surface area contributed by atoms with Crippen LogP contribution in [-0.2, 0) is 19.6 Å². The minimum absolute atomic E-state index is 0.0246. The van der Waals surface area contributed by atoms with Crippen molar-refractivity contribution in [2.45, 2.75) is 18.7 Å². The molecule has 3 aromatic rings. The lowest BCUT2D eigenvalue weighted by molar-refractivity contribution is -0.119. The fraction of sp³-hybridized carbons (Fsp3) is 0.192. The number of rotatable bonds is 10. The normalized spacial score (nSPS) is 11.4. The summed E-state index contributed by atoms with van der Waals surface area (Å²) in [6, 6.07) is 19.3. The van der Waals surface area contributed by atoms with Crippen LogP contribution in [0.15, 0.2) is 82.8 Å². The summed E-state index contributed by atoms with van der Waals surface area (Å²) in [5.74, 6) is -0.110. The second-order valence-corrected chi connectivity index (χ2v) is 9.72. The molecule has 10 nitrogen and oxygen atoms in total. The molecule has 0 heterocycles. The number of amides is 2. The number of methoxy groups -OCH3 is 2. The van der Waals surface area contributed by atoms with Crippen LogP contribution in [0.2, 0.25) is 0 Å². The molecular formula is C26H28N4O6S. The fourth-order valence-electron chi connectivity index (χ4n) is 3.39. The van der Waals surface area contributed by atoms with Crippen molar-refractivity contribution >= 4 is 38.9 Å². The maximum atomic E-state index is 13.5. The smallest absolute Gasteiger partial charge is 0.264 e. The first-order chi connectivity index (χ1) is 17.6. The highest BCUT2D eigenvalue weighted by molar-refractivity contribution is 7.92. The lowest BCUT2D eigenvalue weighted by Gasteiger charge is -2.24. The van der Waals surface area contributed by atoms with Crippen molar-refractivity contribution in [1.29, 1.82) is 0 Å². The lowest BCUT2D eigenvalue weighted by Crippen LogP contribution is -2.39. The van der Waals surface area contributed by atoms with E-state index in [4.69, 9.17) is 9.47 Å². The van der Waals surface area contributed by atoms with Crippen molar-refractivity contribution in [3.05, 3.63) is 78.4 Å². The topological polar surface area (TPSA) is 126 Å². The highest BCUT2D eigenvalue weighted by atomic mass is 32.2. The molecule has 0 unspecified atom stereocenters. The van der Waals surface area contributed by atoms with Crippen molar-refractivity contribution in [3.63, 3.8) is 0 Å². The second-order valence-electron chi connectivity index (χ2n) is 7.85. The lowest BCUT2D eigenvalue weighted by atomic mass is 10.1. The third-order valence-electron chi connectivity index (χ3n) is 5.24. The van der Waals surface area contributed by atoms with Gasteiger partial charge in [-0.15, -0.1) is 0 Å². The molecule has 2 amide bonds. The molecular weight excluding hydrogens is 496 g/mol. The van der Waals surface area contributed by atoms with Gasteiger partial charge in [-0.2, -0.15) is 5.10 Å². The second kappa shape index (κ2) is 12.0. The van der Waals surface area contributed by atoms with Gasteiger partial charge in [0.25, 0.3) is 15.9 Å². The van der Waals surface area contributed by atoms with Crippen molar-refractivity contribution in [2.75, 3.05) is 30.4 Å². The third kappa shape index (κ3) is 6.85. The summed E-state index contributed by atoms with van der Waals surface area (Å²) in [4.78, 5) is 24.1. The van der Waals surface area contributed by atoms with Gasteiger partial charge < -0.3 is 14.8 Å². The molecule has 3 aromatic carbocycles. The van der Waals surface area contributed by atoms with Crippen molar-refractivity contribution < 1.29 is 27.5 Å². The molecule has 3 rings (SSSR count). The van der Waals surface area contributed by atoms with E-state index in [-0.39, 0.29) is 16.5 Å². The van der Waals surface area contributed by atoms with Crippen LogP contribution in [0.25, 0.3) is 0 Å². The predicted molar refractivity (Wildman–Crippen MR) is 142 cm³/mol. The predicted octanol–water partition coefficient (Wildman–Crippen LogP) is 3.40. The van der Waals surface area contributed by atoms with Gasteiger partial charge in [0.05, 0.1) is 30.5 Å². The standard InChI is InChI=1S/C26H28N4O6S/c1-18(20-10-12-21(13-11-20)27-19(2)31)28-29-26(32)17-30(37(33,34)23-8-6-5-7-9-23)22-14-15-24(35-3)25(16-22)36-4/h5-16H,17H2,1-4H3,(H,27,31)(H,29,32)/b28-18-. The molecule has 0 radical (unpaired) electrons. The van der Waals surface area contributed by atoms with Crippen LogP contribution in [0.4, 0.5) is 11.4 Å². The summed E-state index contributed by atoms with van der Waals surface area (Å²) < 4.78 is 38.5. The monoisotopic (exact) mass is 524 g/mol. The van der Waals surface area contributed by atoms with Gasteiger partial charge in [0.2, 0.25) is 5.91 Å². The number of ether oxygens (including phenoxy) is 2. The van der Waals surface area contributed by atoms with E-state index in [9.17, 15) is 18.0 Å². The van der Waals surface area contributed by atoms with Gasteiger partial charge in [0.15, 0.2) is 11.5 Å². The Morgan fingerprint density at radius 3 is 2.14 bits per heavy atom. The van der Waals surface area contributed by atoms with Gasteiger partial charge in [-0.25, -0.2) is 13.8 Å². The molecule has 194 valence electrons. The van der Waals surface area contributed by atoms with Crippen molar-refractivity contribution in [3.8, 4) is 11.5 Å². The van der Waals surface area contributed by atoms with E-state index in [1.807, 2.05) is 0 Å². The van der Waals surface area contributed by atoms with E-state index in [0.717, 1.165) is 4.31 Å². The third-order valence-corrected chi connectivity index (χ3v) is 7.03. The number of carbonyl (C=O) groups is 2. The Kier molecular flexibility index (Phi) is 8.86. The number of hydrogen-bond acceptors (Lipinski definition) is 7.